The van der Waals surface area contributed by atoms with Crippen molar-refractivity contribution in [3.8, 4) is 0 Å². The van der Waals surface area contributed by atoms with Crippen LogP contribution in [0.1, 0.15) is 17.3 Å². The SMILES string of the molecule is C[C@@H]1O[C@@H](O[C@H]2[C@@H]3C=CO[C@@H](O[C@@H]4O[C@H](CO)[C@@H](O)[C@H](O)[C@H]4O)[C@@H]3[C@@]3(CO)O[C@@H]23)[C@H](O)[C@H](OC(=O)c2ccccc2)[C@H]1O. The van der Waals surface area contributed by atoms with Crippen LogP contribution in [0, 0.1) is 11.8 Å². The van der Waals surface area contributed by atoms with E-state index in [0.29, 0.717) is 0 Å². The summed E-state index contributed by atoms with van der Waals surface area (Å²) in [4.78, 5) is 12.7. The molecular weight excluding hydrogens is 576 g/mol. The monoisotopic (exact) mass is 612 g/mol. The van der Waals surface area contributed by atoms with E-state index in [0.717, 1.165) is 0 Å². The molecule has 0 spiro atoms. The Balaban J connectivity index is 1.18. The molecule has 0 radical (unpaired) electrons. The van der Waals surface area contributed by atoms with Crippen molar-refractivity contribution in [2.75, 3.05) is 13.2 Å². The van der Waals surface area contributed by atoms with Crippen LogP contribution in [0.2, 0.25) is 0 Å². The van der Waals surface area contributed by atoms with Gasteiger partial charge in [-0.05, 0) is 25.1 Å². The molecule has 4 aliphatic heterocycles. The lowest BCUT2D eigenvalue weighted by atomic mass is 9.85. The zero-order chi connectivity index (χ0) is 30.6. The largest absolute Gasteiger partial charge is 0.472 e. The molecule has 6 rings (SSSR count). The summed E-state index contributed by atoms with van der Waals surface area (Å²) in [6, 6.07) is 8.10. The van der Waals surface area contributed by atoms with Gasteiger partial charge in [0.15, 0.2) is 18.7 Å². The molecule has 0 aromatic heterocycles. The van der Waals surface area contributed by atoms with Crippen LogP contribution in [0.25, 0.3) is 0 Å². The number of rotatable bonds is 8. The van der Waals surface area contributed by atoms with Gasteiger partial charge in [0.2, 0.25) is 6.29 Å². The highest BCUT2D eigenvalue weighted by Crippen LogP contribution is 2.61. The average molecular weight is 613 g/mol. The van der Waals surface area contributed by atoms with E-state index in [-0.39, 0.29) is 5.56 Å². The second kappa shape index (κ2) is 11.9. The number of epoxide rings is 1. The van der Waals surface area contributed by atoms with Crippen molar-refractivity contribution in [2.45, 2.75) is 92.4 Å². The normalized spacial score (nSPS) is 48.6. The fraction of sp³-hybridized carbons (Fsp3) is 0.679. The standard InChI is InChI=1S/C28H36O15/c1-11-16(31)22(40-24(36)12-5-3-2-4-6-12)20(35)27(38-11)41-21-13-7-8-37-25(15(13)28(10-30)23(21)43-28)42-26-19(34)18(33)17(32)14(9-29)39-26/h2-8,11,13-23,25-27,29-35H,9-10H2,1H3/t11-,13+,14+,15+,16-,17+,18-,19+,20+,21-,22+,23-,25-,26-,27-,28+/m0/s1. The minimum atomic E-state index is -1.69. The Hall–Kier alpha value is -2.25. The van der Waals surface area contributed by atoms with E-state index in [4.69, 9.17) is 33.2 Å². The minimum absolute atomic E-state index is 0.231. The van der Waals surface area contributed by atoms with Gasteiger partial charge >= 0.3 is 5.97 Å². The topological polar surface area (TPSA) is 227 Å². The van der Waals surface area contributed by atoms with Crippen molar-refractivity contribution in [3.63, 3.8) is 0 Å². The first-order chi connectivity index (χ1) is 20.6. The zero-order valence-corrected chi connectivity index (χ0v) is 23.0. The van der Waals surface area contributed by atoms with Crippen LogP contribution in [0.4, 0.5) is 0 Å². The summed E-state index contributed by atoms with van der Waals surface area (Å²) in [5.41, 5.74) is -0.975. The van der Waals surface area contributed by atoms with Crippen LogP contribution < -0.4 is 0 Å². The number of hydrogen-bond acceptors (Lipinski definition) is 15. The second-order valence-corrected chi connectivity index (χ2v) is 11.4. The quantitative estimate of drug-likeness (QED) is 0.116. The molecule has 238 valence electrons. The predicted molar refractivity (Wildman–Crippen MR) is 137 cm³/mol. The first kappa shape index (κ1) is 30.8. The van der Waals surface area contributed by atoms with E-state index in [1.54, 1.807) is 24.3 Å². The Bertz CT molecular complexity index is 1170. The molecular formula is C28H36O15. The third-order valence-corrected chi connectivity index (χ3v) is 8.92. The van der Waals surface area contributed by atoms with Crippen LogP contribution >= 0.6 is 0 Å². The Labute approximate surface area is 245 Å². The number of aliphatic hydroxyl groups excluding tert-OH is 7. The lowest BCUT2D eigenvalue weighted by Gasteiger charge is -2.44. The van der Waals surface area contributed by atoms with E-state index >= 15 is 0 Å². The molecule has 1 aliphatic carbocycles. The summed E-state index contributed by atoms with van der Waals surface area (Å²) in [5.74, 6) is -2.03. The summed E-state index contributed by atoms with van der Waals surface area (Å²) in [7, 11) is 0. The van der Waals surface area contributed by atoms with Gasteiger partial charge < -0.3 is 68.9 Å². The van der Waals surface area contributed by atoms with E-state index in [1.165, 1.54) is 25.3 Å². The molecule has 43 heavy (non-hydrogen) atoms. The number of carbonyl (C=O) groups excluding carboxylic acids is 1. The summed E-state index contributed by atoms with van der Waals surface area (Å²) in [6.45, 7) is 0.422. The van der Waals surface area contributed by atoms with E-state index in [2.05, 4.69) is 0 Å². The van der Waals surface area contributed by atoms with Crippen molar-refractivity contribution < 1.29 is 73.7 Å². The molecule has 1 saturated carbocycles. The first-order valence-corrected chi connectivity index (χ1v) is 14.1. The smallest absolute Gasteiger partial charge is 0.338 e. The molecule has 1 aromatic carbocycles. The number of fused-ring (bicyclic) bond motifs is 3. The number of carbonyl (C=O) groups is 1. The molecule has 0 amide bonds. The Morgan fingerprint density at radius 3 is 2.28 bits per heavy atom. The highest BCUT2D eigenvalue weighted by Gasteiger charge is 2.77. The third-order valence-electron chi connectivity index (χ3n) is 8.92. The van der Waals surface area contributed by atoms with Crippen molar-refractivity contribution in [1.29, 1.82) is 0 Å². The van der Waals surface area contributed by atoms with Crippen LogP contribution in [0.5, 0.6) is 0 Å². The van der Waals surface area contributed by atoms with Gasteiger partial charge in [-0.3, -0.25) is 0 Å². The molecule has 4 fully saturated rings. The van der Waals surface area contributed by atoms with Crippen molar-refractivity contribution in [1.82, 2.24) is 0 Å². The van der Waals surface area contributed by atoms with Crippen LogP contribution in [0.3, 0.4) is 0 Å². The molecule has 0 unspecified atom stereocenters. The number of aliphatic hydroxyl groups is 7. The zero-order valence-electron chi connectivity index (χ0n) is 23.0. The summed E-state index contributed by atoms with van der Waals surface area (Å²) in [5, 5.41) is 72.4. The lowest BCUT2D eigenvalue weighted by molar-refractivity contribution is -0.346. The van der Waals surface area contributed by atoms with Gasteiger partial charge in [0.1, 0.15) is 48.3 Å². The summed E-state index contributed by atoms with van der Waals surface area (Å²) >= 11 is 0. The Kier molecular flexibility index (Phi) is 8.53. The number of esters is 1. The maximum absolute atomic E-state index is 12.7. The molecule has 16 atom stereocenters. The molecule has 1 aromatic rings. The van der Waals surface area contributed by atoms with Gasteiger partial charge in [0.05, 0.1) is 43.2 Å². The fourth-order valence-corrected chi connectivity index (χ4v) is 6.48. The fourth-order valence-electron chi connectivity index (χ4n) is 6.48. The highest BCUT2D eigenvalue weighted by atomic mass is 16.8. The van der Waals surface area contributed by atoms with Gasteiger partial charge in [-0.15, -0.1) is 0 Å². The maximum atomic E-state index is 12.7. The Morgan fingerprint density at radius 2 is 1.58 bits per heavy atom. The number of hydrogen-bond donors (Lipinski definition) is 7. The van der Waals surface area contributed by atoms with Crippen molar-refractivity contribution in [3.05, 3.63) is 48.2 Å². The first-order valence-electron chi connectivity index (χ1n) is 14.1. The summed E-state index contributed by atoms with van der Waals surface area (Å²) in [6.07, 6.45) is -14.0. The maximum Gasteiger partial charge on any atom is 0.338 e. The van der Waals surface area contributed by atoms with E-state index in [1.807, 2.05) is 0 Å². The van der Waals surface area contributed by atoms with Crippen LogP contribution in [0.15, 0.2) is 42.7 Å². The van der Waals surface area contributed by atoms with Crippen molar-refractivity contribution >= 4 is 5.97 Å². The van der Waals surface area contributed by atoms with Gasteiger partial charge in [-0.25, -0.2) is 4.79 Å². The minimum Gasteiger partial charge on any atom is -0.472 e. The summed E-state index contributed by atoms with van der Waals surface area (Å²) < 4.78 is 40.4. The molecule has 5 aliphatic rings. The van der Waals surface area contributed by atoms with Gasteiger partial charge in [-0.1, -0.05) is 18.2 Å². The second-order valence-electron chi connectivity index (χ2n) is 11.4. The third kappa shape index (κ3) is 5.26. The van der Waals surface area contributed by atoms with E-state index in [9.17, 15) is 40.5 Å². The average Bonchev–Trinajstić information content (AvgIpc) is 3.69. The van der Waals surface area contributed by atoms with Crippen molar-refractivity contribution in [2.24, 2.45) is 11.8 Å². The predicted octanol–water partition coefficient (Wildman–Crippen LogP) is -2.87. The van der Waals surface area contributed by atoms with Crippen LogP contribution in [-0.4, -0.2) is 140 Å². The number of benzene rings is 1. The van der Waals surface area contributed by atoms with Gasteiger partial charge in [0.25, 0.3) is 0 Å². The highest BCUT2D eigenvalue weighted by molar-refractivity contribution is 5.89. The molecule has 15 heteroatoms. The molecule has 15 nitrogen and oxygen atoms in total. The lowest BCUT2D eigenvalue weighted by Crippen LogP contribution is -2.61. The van der Waals surface area contributed by atoms with E-state index < -0.39 is 117 Å². The number of ether oxygens (including phenoxy) is 7. The van der Waals surface area contributed by atoms with Gasteiger partial charge in [-0.2, -0.15) is 0 Å². The Morgan fingerprint density at radius 1 is 0.860 bits per heavy atom. The molecule has 4 heterocycles. The molecule has 0 bridgehead atoms. The van der Waals surface area contributed by atoms with Crippen LogP contribution in [-0.2, 0) is 33.2 Å². The molecule has 7 N–H and O–H groups in total. The molecule has 3 saturated heterocycles. The van der Waals surface area contributed by atoms with Gasteiger partial charge in [0, 0.05) is 5.92 Å².